The number of nitrogens with zero attached hydrogens (tertiary/aromatic N) is 2. The number of sulfonamides is 1. The van der Waals surface area contributed by atoms with Crippen molar-refractivity contribution in [3.05, 3.63) is 63.1 Å². The molecule has 0 saturated carbocycles. The molecule has 0 radical (unpaired) electrons. The first kappa shape index (κ1) is 28.2. The van der Waals surface area contributed by atoms with Crippen LogP contribution in [0.3, 0.4) is 0 Å². The van der Waals surface area contributed by atoms with E-state index >= 15 is 0 Å². The summed E-state index contributed by atoms with van der Waals surface area (Å²) < 4.78 is 26.0. The van der Waals surface area contributed by atoms with Crippen LogP contribution in [0.25, 0.3) is 0 Å². The highest BCUT2D eigenvalue weighted by Gasteiger charge is 2.30. The van der Waals surface area contributed by atoms with Gasteiger partial charge in [-0.1, -0.05) is 54.2 Å². The molecule has 0 fully saturated rings. The zero-order valence-electron chi connectivity index (χ0n) is 19.2. The van der Waals surface area contributed by atoms with E-state index in [9.17, 15) is 18.0 Å². The van der Waals surface area contributed by atoms with Gasteiger partial charge >= 0.3 is 0 Å². The van der Waals surface area contributed by atoms with Crippen LogP contribution in [0.4, 0.5) is 5.69 Å². The van der Waals surface area contributed by atoms with Crippen LogP contribution in [0, 0.1) is 0 Å². The molecule has 1 atom stereocenters. The monoisotopic (exact) mass is 547 g/mol. The number of carbonyl (C=O) groups is 2. The number of rotatable bonds is 11. The highest BCUT2D eigenvalue weighted by Crippen LogP contribution is 2.27. The molecule has 0 aromatic heterocycles. The summed E-state index contributed by atoms with van der Waals surface area (Å²) in [5.41, 5.74) is 0.737. The Bertz CT molecular complexity index is 1090. The van der Waals surface area contributed by atoms with Crippen LogP contribution in [-0.4, -0.2) is 50.5 Å². The molecule has 2 aromatic carbocycles. The number of nitrogens with one attached hydrogen (secondary N) is 1. The fourth-order valence-corrected chi connectivity index (χ4v) is 4.69. The molecule has 0 aliphatic rings. The smallest absolute Gasteiger partial charge is 0.244 e. The van der Waals surface area contributed by atoms with Crippen LogP contribution >= 0.6 is 34.8 Å². The third-order valence-electron chi connectivity index (χ3n) is 5.18. The highest BCUT2D eigenvalue weighted by atomic mass is 35.5. The van der Waals surface area contributed by atoms with Gasteiger partial charge in [0.05, 0.1) is 11.9 Å². The molecule has 0 heterocycles. The molecule has 0 aliphatic carbocycles. The first-order chi connectivity index (χ1) is 16.0. The van der Waals surface area contributed by atoms with E-state index in [0.717, 1.165) is 23.4 Å². The average Bonchev–Trinajstić information content (AvgIpc) is 2.77. The molecule has 2 aromatic rings. The third-order valence-corrected chi connectivity index (χ3v) is 7.28. The first-order valence-corrected chi connectivity index (χ1v) is 13.7. The molecule has 1 unspecified atom stereocenters. The van der Waals surface area contributed by atoms with Crippen LogP contribution in [0.1, 0.15) is 32.3 Å². The predicted octanol–water partition coefficient (Wildman–Crippen LogP) is 4.75. The van der Waals surface area contributed by atoms with Gasteiger partial charge in [-0.05, 0) is 49.7 Å². The number of hydrogen-bond acceptors (Lipinski definition) is 4. The number of benzene rings is 2. The lowest BCUT2D eigenvalue weighted by atomic mass is 10.1. The van der Waals surface area contributed by atoms with Crippen molar-refractivity contribution >= 4 is 62.3 Å². The van der Waals surface area contributed by atoms with E-state index in [4.69, 9.17) is 34.8 Å². The Balaban J connectivity index is 2.39. The van der Waals surface area contributed by atoms with Crippen molar-refractivity contribution in [1.29, 1.82) is 0 Å². The van der Waals surface area contributed by atoms with Crippen molar-refractivity contribution in [2.24, 2.45) is 0 Å². The molecular weight excluding hydrogens is 521 g/mol. The van der Waals surface area contributed by atoms with Crippen molar-refractivity contribution < 1.29 is 18.0 Å². The SMILES string of the molecule is CCCCNC(=O)C(C)N(Cc1c(Cl)cccc1Cl)C(=O)CN(c1ccc(Cl)cc1)S(C)(=O)=O. The molecule has 2 amide bonds. The summed E-state index contributed by atoms with van der Waals surface area (Å²) in [6.45, 7) is 3.46. The lowest BCUT2D eigenvalue weighted by Gasteiger charge is -2.32. The number of carbonyl (C=O) groups excluding carboxylic acids is 2. The summed E-state index contributed by atoms with van der Waals surface area (Å²) in [7, 11) is -3.82. The Morgan fingerprint density at radius 2 is 1.62 bits per heavy atom. The molecule has 0 aliphatic heterocycles. The van der Waals surface area contributed by atoms with Gasteiger partial charge in [0, 0.05) is 33.7 Å². The normalized spacial score (nSPS) is 12.2. The minimum absolute atomic E-state index is 0.0715. The van der Waals surface area contributed by atoms with Gasteiger partial charge in [0.2, 0.25) is 21.8 Å². The number of hydrogen-bond donors (Lipinski definition) is 1. The summed E-state index contributed by atoms with van der Waals surface area (Å²) in [4.78, 5) is 27.5. The summed E-state index contributed by atoms with van der Waals surface area (Å²) >= 11 is 18.5. The van der Waals surface area contributed by atoms with Crippen LogP contribution in [0.2, 0.25) is 15.1 Å². The molecule has 0 saturated heterocycles. The summed E-state index contributed by atoms with van der Waals surface area (Å²) in [6.07, 6.45) is 2.70. The summed E-state index contributed by atoms with van der Waals surface area (Å²) in [6, 6.07) is 10.1. The zero-order valence-corrected chi connectivity index (χ0v) is 22.3. The molecular formula is C23H28Cl3N3O4S. The molecule has 186 valence electrons. The topological polar surface area (TPSA) is 86.8 Å². The molecule has 2 rings (SSSR count). The van der Waals surface area contributed by atoms with Crippen LogP contribution in [-0.2, 0) is 26.2 Å². The van der Waals surface area contributed by atoms with Gasteiger partial charge in [0.1, 0.15) is 12.6 Å². The second kappa shape index (κ2) is 12.6. The zero-order chi connectivity index (χ0) is 25.5. The van der Waals surface area contributed by atoms with Gasteiger partial charge in [-0.25, -0.2) is 8.42 Å². The molecule has 7 nitrogen and oxygen atoms in total. The summed E-state index contributed by atoms with van der Waals surface area (Å²) in [5.74, 6) is -0.947. The van der Waals surface area contributed by atoms with Crippen molar-refractivity contribution in [3.8, 4) is 0 Å². The molecule has 0 spiro atoms. The number of halogens is 3. The summed E-state index contributed by atoms with van der Waals surface area (Å²) in [5, 5.41) is 3.91. The second-order valence-electron chi connectivity index (χ2n) is 7.79. The van der Waals surface area contributed by atoms with Crippen LogP contribution < -0.4 is 9.62 Å². The van der Waals surface area contributed by atoms with E-state index in [1.807, 2.05) is 6.92 Å². The minimum atomic E-state index is -3.82. The molecule has 1 N–H and O–H groups in total. The van der Waals surface area contributed by atoms with E-state index < -0.39 is 28.5 Å². The fraction of sp³-hybridized carbons (Fsp3) is 0.391. The standard InChI is InChI=1S/C23H28Cl3N3O4S/c1-4-5-13-27-23(31)16(2)28(14-19-20(25)7-6-8-21(19)26)22(30)15-29(34(3,32)33)18-11-9-17(24)10-12-18/h6-12,16H,4-5,13-15H2,1-3H3,(H,27,31). The predicted molar refractivity (Wildman–Crippen MR) is 138 cm³/mol. The first-order valence-electron chi connectivity index (χ1n) is 10.7. The van der Waals surface area contributed by atoms with Gasteiger partial charge < -0.3 is 10.2 Å². The van der Waals surface area contributed by atoms with E-state index in [-0.39, 0.29) is 18.1 Å². The number of amides is 2. The van der Waals surface area contributed by atoms with Crippen molar-refractivity contribution in [2.75, 3.05) is 23.7 Å². The van der Waals surface area contributed by atoms with Gasteiger partial charge in [0.15, 0.2) is 0 Å². The number of anilines is 1. The molecule has 11 heteroatoms. The quantitative estimate of drug-likeness (QED) is 0.411. The van der Waals surface area contributed by atoms with Crippen LogP contribution in [0.15, 0.2) is 42.5 Å². The lowest BCUT2D eigenvalue weighted by molar-refractivity contribution is -0.139. The van der Waals surface area contributed by atoms with E-state index in [2.05, 4.69) is 5.32 Å². The Hall–Kier alpha value is -2.00. The fourth-order valence-electron chi connectivity index (χ4n) is 3.19. The third kappa shape index (κ3) is 7.77. The average molecular weight is 549 g/mol. The highest BCUT2D eigenvalue weighted by molar-refractivity contribution is 7.92. The Labute approximate surface area is 216 Å². The maximum Gasteiger partial charge on any atom is 0.244 e. The van der Waals surface area contributed by atoms with Crippen molar-refractivity contribution in [2.45, 2.75) is 39.3 Å². The van der Waals surface area contributed by atoms with Crippen molar-refractivity contribution in [1.82, 2.24) is 10.2 Å². The lowest BCUT2D eigenvalue weighted by Crippen LogP contribution is -2.51. The van der Waals surface area contributed by atoms with E-state index in [0.29, 0.717) is 27.2 Å². The molecule has 0 bridgehead atoms. The van der Waals surface area contributed by atoms with E-state index in [1.165, 1.54) is 29.2 Å². The van der Waals surface area contributed by atoms with Crippen LogP contribution in [0.5, 0.6) is 0 Å². The van der Waals surface area contributed by atoms with Gasteiger partial charge in [-0.2, -0.15) is 0 Å². The Morgan fingerprint density at radius 1 is 1.03 bits per heavy atom. The van der Waals surface area contributed by atoms with Gasteiger partial charge in [0.25, 0.3) is 0 Å². The van der Waals surface area contributed by atoms with Crippen molar-refractivity contribution in [3.63, 3.8) is 0 Å². The largest absolute Gasteiger partial charge is 0.354 e. The van der Waals surface area contributed by atoms with E-state index in [1.54, 1.807) is 25.1 Å². The molecule has 34 heavy (non-hydrogen) atoms. The number of unbranched alkanes of at least 4 members (excludes halogenated alkanes) is 1. The minimum Gasteiger partial charge on any atom is -0.354 e. The van der Waals surface area contributed by atoms with Gasteiger partial charge in [-0.3, -0.25) is 13.9 Å². The van der Waals surface area contributed by atoms with Gasteiger partial charge in [-0.15, -0.1) is 0 Å². The Kier molecular flexibility index (Phi) is 10.5. The maximum absolute atomic E-state index is 13.5. The Morgan fingerprint density at radius 3 is 2.15 bits per heavy atom. The second-order valence-corrected chi connectivity index (χ2v) is 10.9. The maximum atomic E-state index is 13.5.